The zero-order chi connectivity index (χ0) is 12.7. The van der Waals surface area contributed by atoms with Gasteiger partial charge >= 0.3 is 0 Å². The van der Waals surface area contributed by atoms with Crippen molar-refractivity contribution in [3.63, 3.8) is 0 Å². The Morgan fingerprint density at radius 2 is 2.22 bits per heavy atom. The number of hydrogen-bond acceptors (Lipinski definition) is 3. The van der Waals surface area contributed by atoms with Crippen molar-refractivity contribution in [3.8, 4) is 0 Å². The van der Waals surface area contributed by atoms with Crippen molar-refractivity contribution in [2.75, 3.05) is 19.6 Å². The van der Waals surface area contributed by atoms with E-state index in [4.69, 9.17) is 17.3 Å². The van der Waals surface area contributed by atoms with Crippen molar-refractivity contribution in [3.05, 3.63) is 16.7 Å². The molecule has 0 amide bonds. The Morgan fingerprint density at radius 3 is 2.94 bits per heavy atom. The van der Waals surface area contributed by atoms with Crippen LogP contribution in [0.5, 0.6) is 0 Å². The van der Waals surface area contributed by atoms with Crippen LogP contribution in [0.25, 0.3) is 0 Å². The molecule has 2 N–H and O–H groups in total. The van der Waals surface area contributed by atoms with Crippen LogP contribution in [0.15, 0.2) is 0 Å². The summed E-state index contributed by atoms with van der Waals surface area (Å²) in [4.78, 5) is 7.09. The van der Waals surface area contributed by atoms with Crippen LogP contribution in [-0.4, -0.2) is 34.1 Å². The number of likely N-dealkylation sites (tertiary alicyclic amines) is 1. The Bertz CT molecular complexity index is 442. The fraction of sp³-hybridized carbons (Fsp3) is 0.769. The Labute approximate surface area is 113 Å². The lowest BCUT2D eigenvalue weighted by Crippen LogP contribution is -2.24. The van der Waals surface area contributed by atoms with E-state index in [1.807, 2.05) is 0 Å². The highest BCUT2D eigenvalue weighted by atomic mass is 35.5. The van der Waals surface area contributed by atoms with E-state index >= 15 is 0 Å². The number of nitrogens with two attached hydrogens (primary N) is 1. The average Bonchev–Trinajstić information content (AvgIpc) is 2.94. The van der Waals surface area contributed by atoms with Gasteiger partial charge in [-0.05, 0) is 32.4 Å². The number of imidazole rings is 1. The Balaban J connectivity index is 1.92. The summed E-state index contributed by atoms with van der Waals surface area (Å²) in [5.41, 5.74) is 7.22. The second kappa shape index (κ2) is 4.83. The van der Waals surface area contributed by atoms with Gasteiger partial charge in [-0.3, -0.25) is 0 Å². The lowest BCUT2D eigenvalue weighted by molar-refractivity contribution is 0.350. The van der Waals surface area contributed by atoms with Crippen LogP contribution < -0.4 is 5.73 Å². The summed E-state index contributed by atoms with van der Waals surface area (Å²) in [7, 11) is 0. The number of fused-ring (bicyclic) bond motifs is 1. The predicted molar refractivity (Wildman–Crippen MR) is 72.9 cm³/mol. The SMILES string of the molecule is CCN1CCC(c2nc(Cl)c3n2CCCC3N)C1. The molecule has 1 aromatic heterocycles. The Morgan fingerprint density at radius 1 is 1.39 bits per heavy atom. The zero-order valence-corrected chi connectivity index (χ0v) is 11.7. The van der Waals surface area contributed by atoms with Crippen molar-refractivity contribution < 1.29 is 0 Å². The van der Waals surface area contributed by atoms with Crippen molar-refractivity contribution >= 4 is 11.6 Å². The maximum atomic E-state index is 6.28. The first-order valence-electron chi connectivity index (χ1n) is 6.94. The highest BCUT2D eigenvalue weighted by molar-refractivity contribution is 6.30. The quantitative estimate of drug-likeness (QED) is 0.894. The first kappa shape index (κ1) is 12.5. The molecule has 0 radical (unpaired) electrons. The van der Waals surface area contributed by atoms with Crippen molar-refractivity contribution in [1.29, 1.82) is 0 Å². The maximum Gasteiger partial charge on any atom is 0.152 e. The predicted octanol–water partition coefficient (Wildman–Crippen LogP) is 2.14. The summed E-state index contributed by atoms with van der Waals surface area (Å²) in [6.45, 7) is 6.65. The molecule has 18 heavy (non-hydrogen) atoms. The van der Waals surface area contributed by atoms with E-state index in [1.54, 1.807) is 0 Å². The number of nitrogens with zero attached hydrogens (tertiary/aromatic N) is 3. The third kappa shape index (κ3) is 1.96. The molecule has 2 aliphatic heterocycles. The molecule has 0 bridgehead atoms. The van der Waals surface area contributed by atoms with Crippen LogP contribution in [0.2, 0.25) is 5.15 Å². The summed E-state index contributed by atoms with van der Waals surface area (Å²) >= 11 is 6.28. The minimum atomic E-state index is 0.0659. The van der Waals surface area contributed by atoms with Crippen LogP contribution in [-0.2, 0) is 6.54 Å². The van der Waals surface area contributed by atoms with Gasteiger partial charge in [0.05, 0.1) is 5.69 Å². The van der Waals surface area contributed by atoms with Crippen molar-refractivity contribution in [1.82, 2.24) is 14.5 Å². The molecule has 1 fully saturated rings. The second-order valence-electron chi connectivity index (χ2n) is 5.43. The summed E-state index contributed by atoms with van der Waals surface area (Å²) < 4.78 is 2.29. The van der Waals surface area contributed by atoms with Gasteiger partial charge < -0.3 is 15.2 Å². The number of hydrogen-bond donors (Lipinski definition) is 1. The highest BCUT2D eigenvalue weighted by Crippen LogP contribution is 2.35. The molecule has 4 nitrogen and oxygen atoms in total. The van der Waals surface area contributed by atoms with Gasteiger partial charge in [0.25, 0.3) is 0 Å². The standard InChI is InChI=1S/C13H21ClN4/c1-2-17-7-5-9(8-17)13-16-12(14)11-10(15)4-3-6-18(11)13/h9-10H,2-8,15H2,1H3. The molecule has 2 atom stereocenters. The van der Waals surface area contributed by atoms with Crippen LogP contribution >= 0.6 is 11.6 Å². The molecular weight excluding hydrogens is 248 g/mol. The molecule has 3 heterocycles. The fourth-order valence-electron chi connectivity index (χ4n) is 3.29. The van der Waals surface area contributed by atoms with Gasteiger partial charge in [0.1, 0.15) is 5.82 Å². The molecule has 0 spiro atoms. The van der Waals surface area contributed by atoms with E-state index in [-0.39, 0.29) is 6.04 Å². The topological polar surface area (TPSA) is 47.1 Å². The first-order valence-corrected chi connectivity index (χ1v) is 7.32. The monoisotopic (exact) mass is 268 g/mol. The normalized spacial score (nSPS) is 28.6. The molecular formula is C13H21ClN4. The van der Waals surface area contributed by atoms with Crippen LogP contribution in [0.3, 0.4) is 0 Å². The number of rotatable bonds is 2. The fourth-order valence-corrected chi connectivity index (χ4v) is 3.62. The van der Waals surface area contributed by atoms with E-state index in [0.29, 0.717) is 11.1 Å². The summed E-state index contributed by atoms with van der Waals surface area (Å²) in [5.74, 6) is 1.70. The number of likely N-dealkylation sites (N-methyl/N-ethyl adjacent to an activating group) is 1. The van der Waals surface area contributed by atoms with Gasteiger partial charge in [-0.25, -0.2) is 4.98 Å². The van der Waals surface area contributed by atoms with Crippen LogP contribution in [0, 0.1) is 0 Å². The molecule has 0 saturated carbocycles. The van der Waals surface area contributed by atoms with Crippen LogP contribution in [0.4, 0.5) is 0 Å². The van der Waals surface area contributed by atoms with E-state index in [0.717, 1.165) is 38.2 Å². The third-order valence-electron chi connectivity index (χ3n) is 4.32. The van der Waals surface area contributed by atoms with Crippen molar-refractivity contribution in [2.45, 2.75) is 44.7 Å². The van der Waals surface area contributed by atoms with E-state index in [9.17, 15) is 0 Å². The van der Waals surface area contributed by atoms with Gasteiger partial charge in [0.2, 0.25) is 0 Å². The van der Waals surface area contributed by atoms with Gasteiger partial charge in [-0.2, -0.15) is 0 Å². The molecule has 1 saturated heterocycles. The third-order valence-corrected chi connectivity index (χ3v) is 4.60. The van der Waals surface area contributed by atoms with Gasteiger partial charge in [-0.15, -0.1) is 0 Å². The lowest BCUT2D eigenvalue weighted by Gasteiger charge is -2.23. The van der Waals surface area contributed by atoms with E-state index in [1.165, 1.54) is 18.8 Å². The van der Waals surface area contributed by atoms with Crippen molar-refractivity contribution in [2.24, 2.45) is 5.73 Å². The summed E-state index contributed by atoms with van der Waals surface area (Å²) in [5, 5.41) is 0.632. The minimum absolute atomic E-state index is 0.0659. The van der Waals surface area contributed by atoms with Crippen LogP contribution in [0.1, 0.15) is 49.7 Å². The molecule has 0 aromatic carbocycles. The molecule has 2 unspecified atom stereocenters. The Hall–Kier alpha value is -0.580. The average molecular weight is 269 g/mol. The summed E-state index contributed by atoms with van der Waals surface area (Å²) in [6, 6.07) is 0.0659. The highest BCUT2D eigenvalue weighted by Gasteiger charge is 2.31. The Kier molecular flexibility index (Phi) is 3.34. The summed E-state index contributed by atoms with van der Waals surface area (Å²) in [6.07, 6.45) is 3.35. The van der Waals surface area contributed by atoms with Gasteiger partial charge in [-0.1, -0.05) is 18.5 Å². The molecule has 2 aliphatic rings. The first-order chi connectivity index (χ1) is 8.70. The minimum Gasteiger partial charge on any atom is -0.329 e. The largest absolute Gasteiger partial charge is 0.329 e. The van der Waals surface area contributed by atoms with Gasteiger partial charge in [0.15, 0.2) is 5.15 Å². The zero-order valence-electron chi connectivity index (χ0n) is 10.9. The maximum absolute atomic E-state index is 6.28. The molecule has 1 aromatic rings. The second-order valence-corrected chi connectivity index (χ2v) is 5.78. The van der Waals surface area contributed by atoms with E-state index < -0.39 is 0 Å². The molecule has 0 aliphatic carbocycles. The van der Waals surface area contributed by atoms with Gasteiger partial charge in [0, 0.05) is 25.0 Å². The molecule has 100 valence electrons. The number of aromatic nitrogens is 2. The molecule has 3 rings (SSSR count). The smallest absolute Gasteiger partial charge is 0.152 e. The number of halogens is 1. The van der Waals surface area contributed by atoms with E-state index in [2.05, 4.69) is 21.4 Å². The molecule has 5 heteroatoms. The lowest BCUT2D eigenvalue weighted by atomic mass is 10.0.